The van der Waals surface area contributed by atoms with E-state index in [4.69, 9.17) is 9.84 Å². The zero-order chi connectivity index (χ0) is 16.0. The number of ether oxygens (including phenoxy) is 1. The van der Waals surface area contributed by atoms with E-state index in [0.29, 0.717) is 10.2 Å². The third-order valence-corrected chi connectivity index (χ3v) is 3.10. The van der Waals surface area contributed by atoms with Crippen molar-refractivity contribution in [3.8, 4) is 5.75 Å². The minimum Gasteiger partial charge on any atom is -0.480 e. The Morgan fingerprint density at radius 2 is 2.00 bits per heavy atom. The first-order valence-electron chi connectivity index (χ1n) is 6.47. The van der Waals surface area contributed by atoms with Gasteiger partial charge in [0, 0.05) is 12.1 Å². The van der Waals surface area contributed by atoms with Gasteiger partial charge in [0.1, 0.15) is 5.75 Å². The van der Waals surface area contributed by atoms with Crippen molar-refractivity contribution in [3.05, 3.63) is 34.3 Å². The van der Waals surface area contributed by atoms with Crippen molar-refractivity contribution in [2.75, 3.05) is 0 Å². The van der Waals surface area contributed by atoms with Gasteiger partial charge in [0.15, 0.2) is 6.10 Å². The molecule has 0 saturated heterocycles. The lowest BCUT2D eigenvalue weighted by atomic mass is 10.2. The molecular weight excluding hydrogens is 338 g/mol. The summed E-state index contributed by atoms with van der Waals surface area (Å²) in [5.74, 6) is -0.675. The highest BCUT2D eigenvalue weighted by Crippen LogP contribution is 2.27. The van der Waals surface area contributed by atoms with E-state index in [1.807, 2.05) is 13.8 Å². The first kappa shape index (κ1) is 17.2. The van der Waals surface area contributed by atoms with Crippen molar-refractivity contribution in [2.45, 2.75) is 32.9 Å². The maximum Gasteiger partial charge on any atom is 0.328 e. The SMILES string of the molecule is CC(C)NC(=O)C(C)Oc1ccc(C=CC(=O)O)cc1Br. The van der Waals surface area contributed by atoms with Crippen molar-refractivity contribution in [3.63, 3.8) is 0 Å². The summed E-state index contributed by atoms with van der Waals surface area (Å²) < 4.78 is 6.24. The molecule has 0 spiro atoms. The Morgan fingerprint density at radius 3 is 2.52 bits per heavy atom. The van der Waals surface area contributed by atoms with Crippen LogP contribution in [0.25, 0.3) is 6.08 Å². The van der Waals surface area contributed by atoms with E-state index >= 15 is 0 Å². The third-order valence-electron chi connectivity index (χ3n) is 2.48. The average molecular weight is 356 g/mol. The molecule has 1 amide bonds. The molecule has 1 aromatic rings. The molecule has 0 heterocycles. The van der Waals surface area contributed by atoms with E-state index in [2.05, 4.69) is 21.2 Å². The number of carbonyl (C=O) groups excluding carboxylic acids is 1. The average Bonchev–Trinajstić information content (AvgIpc) is 2.38. The molecule has 1 atom stereocenters. The molecule has 1 aromatic carbocycles. The molecule has 0 aliphatic heterocycles. The number of amides is 1. The number of hydrogen-bond donors (Lipinski definition) is 2. The Morgan fingerprint density at radius 1 is 1.33 bits per heavy atom. The van der Waals surface area contributed by atoms with Gasteiger partial charge in [-0.05, 0) is 60.5 Å². The summed E-state index contributed by atoms with van der Waals surface area (Å²) in [5.41, 5.74) is 0.718. The first-order valence-corrected chi connectivity index (χ1v) is 7.26. The Balaban J connectivity index is 2.76. The predicted octanol–water partition coefficient (Wildman–Crippen LogP) is 2.84. The van der Waals surface area contributed by atoms with Crippen LogP contribution in [0.2, 0.25) is 0 Å². The van der Waals surface area contributed by atoms with Gasteiger partial charge in [0.2, 0.25) is 0 Å². The molecule has 0 fully saturated rings. The van der Waals surface area contributed by atoms with Gasteiger partial charge < -0.3 is 15.2 Å². The molecule has 0 aliphatic rings. The predicted molar refractivity (Wildman–Crippen MR) is 84.2 cm³/mol. The Hall–Kier alpha value is -1.82. The molecule has 0 aliphatic carbocycles. The molecule has 6 heteroatoms. The molecule has 0 radical (unpaired) electrons. The van der Waals surface area contributed by atoms with Gasteiger partial charge in [-0.2, -0.15) is 0 Å². The first-order chi connectivity index (χ1) is 9.79. The van der Waals surface area contributed by atoms with Crippen LogP contribution in [0, 0.1) is 0 Å². The fourth-order valence-electron chi connectivity index (χ4n) is 1.53. The van der Waals surface area contributed by atoms with Gasteiger partial charge in [-0.1, -0.05) is 6.07 Å². The Kier molecular flexibility index (Phi) is 6.42. The van der Waals surface area contributed by atoms with E-state index in [-0.39, 0.29) is 11.9 Å². The van der Waals surface area contributed by atoms with Crippen LogP contribution in [0.15, 0.2) is 28.7 Å². The second-order valence-electron chi connectivity index (χ2n) is 4.78. The maximum atomic E-state index is 11.8. The molecule has 0 aromatic heterocycles. The second-order valence-corrected chi connectivity index (χ2v) is 5.64. The van der Waals surface area contributed by atoms with Crippen molar-refractivity contribution in [2.24, 2.45) is 0 Å². The highest BCUT2D eigenvalue weighted by atomic mass is 79.9. The van der Waals surface area contributed by atoms with Crippen LogP contribution in [0.4, 0.5) is 0 Å². The quantitative estimate of drug-likeness (QED) is 0.769. The molecule has 114 valence electrons. The smallest absolute Gasteiger partial charge is 0.328 e. The van der Waals surface area contributed by atoms with Gasteiger partial charge in [-0.25, -0.2) is 4.79 Å². The second kappa shape index (κ2) is 7.83. The number of carbonyl (C=O) groups is 2. The summed E-state index contributed by atoms with van der Waals surface area (Å²) in [4.78, 5) is 22.3. The van der Waals surface area contributed by atoms with Crippen LogP contribution in [0.3, 0.4) is 0 Å². The summed E-state index contributed by atoms with van der Waals surface area (Å²) in [6.07, 6.45) is 1.91. The normalized spacial score (nSPS) is 12.4. The van der Waals surface area contributed by atoms with Crippen molar-refractivity contribution in [1.82, 2.24) is 5.32 Å². The molecule has 0 bridgehead atoms. The van der Waals surface area contributed by atoms with Crippen molar-refractivity contribution in [1.29, 1.82) is 0 Å². The minimum atomic E-state index is -1.01. The van der Waals surface area contributed by atoms with Gasteiger partial charge in [-0.3, -0.25) is 4.79 Å². The maximum absolute atomic E-state index is 11.8. The summed E-state index contributed by atoms with van der Waals surface area (Å²) in [6.45, 7) is 5.43. The van der Waals surface area contributed by atoms with E-state index < -0.39 is 12.1 Å². The molecule has 1 rings (SSSR count). The number of nitrogens with one attached hydrogen (secondary N) is 1. The largest absolute Gasteiger partial charge is 0.480 e. The molecular formula is C15H18BrNO4. The molecule has 2 N–H and O–H groups in total. The fraction of sp³-hybridized carbons (Fsp3) is 0.333. The standard InChI is InChI=1S/C15H18BrNO4/c1-9(2)17-15(20)10(3)21-13-6-4-11(8-12(13)16)5-7-14(18)19/h4-10H,1-3H3,(H,17,20)(H,18,19). The van der Waals surface area contributed by atoms with Gasteiger partial charge in [0.25, 0.3) is 5.91 Å². The number of carboxylic acids is 1. The van der Waals surface area contributed by atoms with E-state index in [0.717, 1.165) is 11.6 Å². The number of halogens is 1. The third kappa shape index (κ3) is 5.99. The summed E-state index contributed by atoms with van der Waals surface area (Å²) in [5, 5.41) is 11.4. The lowest BCUT2D eigenvalue weighted by Crippen LogP contribution is -2.40. The molecule has 1 unspecified atom stereocenters. The lowest BCUT2D eigenvalue weighted by molar-refractivity contribution is -0.131. The molecule has 21 heavy (non-hydrogen) atoms. The topological polar surface area (TPSA) is 75.6 Å². The van der Waals surface area contributed by atoms with Gasteiger partial charge in [0.05, 0.1) is 4.47 Å². The lowest BCUT2D eigenvalue weighted by Gasteiger charge is -2.17. The number of hydrogen-bond acceptors (Lipinski definition) is 3. The zero-order valence-electron chi connectivity index (χ0n) is 12.1. The van der Waals surface area contributed by atoms with Crippen LogP contribution in [0.5, 0.6) is 5.75 Å². The number of aliphatic carboxylic acids is 1. The van der Waals surface area contributed by atoms with E-state index in [9.17, 15) is 9.59 Å². The van der Waals surface area contributed by atoms with Crippen LogP contribution < -0.4 is 10.1 Å². The highest BCUT2D eigenvalue weighted by Gasteiger charge is 2.16. The highest BCUT2D eigenvalue weighted by molar-refractivity contribution is 9.10. The van der Waals surface area contributed by atoms with Gasteiger partial charge >= 0.3 is 5.97 Å². The molecule has 0 saturated carbocycles. The number of rotatable bonds is 6. The van der Waals surface area contributed by atoms with E-state index in [1.54, 1.807) is 25.1 Å². The summed E-state index contributed by atoms with van der Waals surface area (Å²) in [7, 11) is 0. The zero-order valence-corrected chi connectivity index (χ0v) is 13.7. The Labute approximate surface area is 132 Å². The monoisotopic (exact) mass is 355 g/mol. The Bertz CT molecular complexity index is 555. The minimum absolute atomic E-state index is 0.0514. The van der Waals surface area contributed by atoms with Gasteiger partial charge in [-0.15, -0.1) is 0 Å². The van der Waals surface area contributed by atoms with Crippen LogP contribution in [-0.4, -0.2) is 29.1 Å². The van der Waals surface area contributed by atoms with Crippen molar-refractivity contribution >= 4 is 33.9 Å². The summed E-state index contributed by atoms with van der Waals surface area (Å²) >= 11 is 3.34. The number of benzene rings is 1. The van der Waals surface area contributed by atoms with E-state index in [1.165, 1.54) is 6.08 Å². The number of carboxylic acid groups (broad SMARTS) is 1. The van der Waals surface area contributed by atoms with Crippen LogP contribution >= 0.6 is 15.9 Å². The van der Waals surface area contributed by atoms with Crippen molar-refractivity contribution < 1.29 is 19.4 Å². The summed E-state index contributed by atoms with van der Waals surface area (Å²) in [6, 6.07) is 5.18. The molecule has 5 nitrogen and oxygen atoms in total. The van der Waals surface area contributed by atoms with Crippen LogP contribution in [-0.2, 0) is 9.59 Å². The fourth-order valence-corrected chi connectivity index (χ4v) is 2.02. The van der Waals surface area contributed by atoms with Crippen LogP contribution in [0.1, 0.15) is 26.3 Å².